The van der Waals surface area contributed by atoms with Gasteiger partial charge in [-0.15, -0.1) is 0 Å². The number of hydrogen-bond acceptors (Lipinski definition) is 7. The standard InChI is InChI=1S/C28H39N5O4/c1-2-3-14-32(15-4-11-29)26(34)19-33-18-22(20-6-8-24-21(17-20)10-16-37-24)27(28(35)36)23(33)7-9-25-30-12-5-13-31-25/h5-6,8,12-13,17,22-23,27H,2-4,7,9-11,14-16,18-19,29H2,1H3,(H,35,36). The van der Waals surface area contributed by atoms with Crippen molar-refractivity contribution in [1.29, 1.82) is 0 Å². The first-order chi connectivity index (χ1) is 18.0. The molecule has 1 aromatic heterocycles. The number of aliphatic carboxylic acids is 1. The van der Waals surface area contributed by atoms with Crippen LogP contribution in [0.25, 0.3) is 0 Å². The summed E-state index contributed by atoms with van der Waals surface area (Å²) in [6.45, 7) is 5.33. The monoisotopic (exact) mass is 509 g/mol. The van der Waals surface area contributed by atoms with Gasteiger partial charge in [-0.25, -0.2) is 9.97 Å². The number of amides is 1. The Hall–Kier alpha value is -3.04. The lowest BCUT2D eigenvalue weighted by Crippen LogP contribution is -2.45. The van der Waals surface area contributed by atoms with Crippen molar-refractivity contribution < 1.29 is 19.4 Å². The fourth-order valence-corrected chi connectivity index (χ4v) is 5.63. The van der Waals surface area contributed by atoms with Crippen LogP contribution in [-0.2, 0) is 22.4 Å². The largest absolute Gasteiger partial charge is 0.493 e. The molecule has 4 rings (SSSR count). The fraction of sp³-hybridized carbons (Fsp3) is 0.571. The number of likely N-dealkylation sites (tertiary alicyclic amines) is 1. The number of carbonyl (C=O) groups is 2. The van der Waals surface area contributed by atoms with Crippen LogP contribution in [0.1, 0.15) is 55.5 Å². The van der Waals surface area contributed by atoms with E-state index in [9.17, 15) is 14.7 Å². The molecule has 3 heterocycles. The number of carbonyl (C=O) groups excluding carboxylic acids is 1. The maximum absolute atomic E-state index is 13.5. The van der Waals surface area contributed by atoms with E-state index in [0.29, 0.717) is 51.5 Å². The highest BCUT2D eigenvalue weighted by molar-refractivity contribution is 5.79. The third-order valence-corrected chi connectivity index (χ3v) is 7.56. The van der Waals surface area contributed by atoms with E-state index in [2.05, 4.69) is 27.9 Å². The Bertz CT molecular complexity index is 1040. The number of nitrogens with zero attached hydrogens (tertiary/aromatic N) is 4. The molecule has 200 valence electrons. The van der Waals surface area contributed by atoms with Crippen LogP contribution in [0.5, 0.6) is 5.75 Å². The minimum Gasteiger partial charge on any atom is -0.493 e. The molecule has 1 fully saturated rings. The van der Waals surface area contributed by atoms with Gasteiger partial charge in [0.25, 0.3) is 0 Å². The highest BCUT2D eigenvalue weighted by Crippen LogP contribution is 2.41. The Balaban J connectivity index is 1.59. The second-order valence-electron chi connectivity index (χ2n) is 10.0. The molecule has 0 bridgehead atoms. The summed E-state index contributed by atoms with van der Waals surface area (Å²) >= 11 is 0. The molecule has 1 saturated heterocycles. The van der Waals surface area contributed by atoms with Gasteiger partial charge in [0.15, 0.2) is 0 Å². The number of rotatable bonds is 13. The summed E-state index contributed by atoms with van der Waals surface area (Å²) in [5.41, 5.74) is 7.85. The highest BCUT2D eigenvalue weighted by atomic mass is 16.5. The summed E-state index contributed by atoms with van der Waals surface area (Å²) in [4.78, 5) is 38.8. The molecule has 9 nitrogen and oxygen atoms in total. The minimum absolute atomic E-state index is 0.0370. The first-order valence-corrected chi connectivity index (χ1v) is 13.5. The molecule has 0 radical (unpaired) electrons. The average Bonchev–Trinajstić information content (AvgIpc) is 3.52. The Morgan fingerprint density at radius 3 is 2.73 bits per heavy atom. The topological polar surface area (TPSA) is 122 Å². The Labute approximate surface area is 219 Å². The predicted octanol–water partition coefficient (Wildman–Crippen LogP) is 2.49. The van der Waals surface area contributed by atoms with Crippen LogP contribution >= 0.6 is 0 Å². The van der Waals surface area contributed by atoms with Gasteiger partial charge in [-0.3, -0.25) is 14.5 Å². The molecule has 3 atom stereocenters. The van der Waals surface area contributed by atoms with Crippen LogP contribution in [0.4, 0.5) is 0 Å². The van der Waals surface area contributed by atoms with Crippen molar-refractivity contribution in [3.05, 3.63) is 53.6 Å². The van der Waals surface area contributed by atoms with E-state index in [1.54, 1.807) is 18.5 Å². The van der Waals surface area contributed by atoms with Crippen molar-refractivity contribution in [2.45, 2.75) is 57.4 Å². The van der Waals surface area contributed by atoms with Gasteiger partial charge >= 0.3 is 5.97 Å². The lowest BCUT2D eigenvalue weighted by Gasteiger charge is -2.29. The number of hydrogen-bond donors (Lipinski definition) is 2. The highest BCUT2D eigenvalue weighted by Gasteiger charge is 2.47. The van der Waals surface area contributed by atoms with Gasteiger partial charge < -0.3 is 20.5 Å². The van der Waals surface area contributed by atoms with Crippen LogP contribution in [0.3, 0.4) is 0 Å². The molecule has 37 heavy (non-hydrogen) atoms. The molecular formula is C28H39N5O4. The minimum atomic E-state index is -0.832. The van der Waals surface area contributed by atoms with E-state index in [4.69, 9.17) is 10.5 Å². The van der Waals surface area contributed by atoms with Crippen LogP contribution in [0.15, 0.2) is 36.7 Å². The summed E-state index contributed by atoms with van der Waals surface area (Å²) in [6, 6.07) is 7.51. The Morgan fingerprint density at radius 2 is 2.00 bits per heavy atom. The molecule has 0 aliphatic carbocycles. The normalized spacial score (nSPS) is 21.0. The number of aromatic nitrogens is 2. The van der Waals surface area contributed by atoms with Crippen LogP contribution in [0, 0.1) is 5.92 Å². The zero-order valence-corrected chi connectivity index (χ0v) is 21.7. The van der Waals surface area contributed by atoms with E-state index in [1.807, 2.05) is 17.0 Å². The van der Waals surface area contributed by atoms with Gasteiger partial charge in [-0.2, -0.15) is 0 Å². The van der Waals surface area contributed by atoms with Gasteiger partial charge in [-0.1, -0.05) is 25.5 Å². The number of unbranched alkanes of at least 4 members (excludes halogenated alkanes) is 1. The van der Waals surface area contributed by atoms with Crippen molar-refractivity contribution in [3.8, 4) is 5.75 Å². The summed E-state index contributed by atoms with van der Waals surface area (Å²) in [6.07, 6.45) is 8.04. The van der Waals surface area contributed by atoms with E-state index in [-0.39, 0.29) is 24.4 Å². The quantitative estimate of drug-likeness (QED) is 0.422. The van der Waals surface area contributed by atoms with Gasteiger partial charge in [0, 0.05) is 56.8 Å². The number of benzene rings is 1. The van der Waals surface area contributed by atoms with Crippen molar-refractivity contribution in [3.63, 3.8) is 0 Å². The maximum Gasteiger partial charge on any atom is 0.308 e. The number of carboxylic acid groups (broad SMARTS) is 1. The zero-order valence-electron chi connectivity index (χ0n) is 21.7. The van der Waals surface area contributed by atoms with Crippen molar-refractivity contribution in [2.75, 3.05) is 39.3 Å². The maximum atomic E-state index is 13.5. The molecule has 0 saturated carbocycles. The molecule has 9 heteroatoms. The predicted molar refractivity (Wildman–Crippen MR) is 140 cm³/mol. The lowest BCUT2D eigenvalue weighted by atomic mass is 9.83. The van der Waals surface area contributed by atoms with Gasteiger partial charge in [-0.05, 0) is 49.1 Å². The summed E-state index contributed by atoms with van der Waals surface area (Å²) in [5, 5.41) is 10.4. The Morgan fingerprint density at radius 1 is 1.22 bits per heavy atom. The second kappa shape index (κ2) is 13.0. The van der Waals surface area contributed by atoms with Crippen molar-refractivity contribution >= 4 is 11.9 Å². The Kier molecular flexibility index (Phi) is 9.46. The van der Waals surface area contributed by atoms with Gasteiger partial charge in [0.2, 0.25) is 5.91 Å². The molecule has 2 aromatic rings. The fourth-order valence-electron chi connectivity index (χ4n) is 5.63. The molecule has 0 spiro atoms. The summed E-state index contributed by atoms with van der Waals surface area (Å²) < 4.78 is 5.66. The van der Waals surface area contributed by atoms with Crippen LogP contribution in [-0.4, -0.2) is 82.1 Å². The van der Waals surface area contributed by atoms with Gasteiger partial charge in [0.05, 0.1) is 19.1 Å². The molecule has 1 aromatic carbocycles. The third-order valence-electron chi connectivity index (χ3n) is 7.56. The van der Waals surface area contributed by atoms with E-state index >= 15 is 0 Å². The number of nitrogens with two attached hydrogens (primary N) is 1. The molecule has 2 aliphatic rings. The van der Waals surface area contributed by atoms with E-state index < -0.39 is 11.9 Å². The molecule has 3 unspecified atom stereocenters. The molecular weight excluding hydrogens is 470 g/mol. The average molecular weight is 510 g/mol. The number of fused-ring (bicyclic) bond motifs is 1. The second-order valence-corrected chi connectivity index (χ2v) is 10.0. The third kappa shape index (κ3) is 6.64. The van der Waals surface area contributed by atoms with Crippen molar-refractivity contribution in [1.82, 2.24) is 19.8 Å². The van der Waals surface area contributed by atoms with Crippen LogP contribution < -0.4 is 10.5 Å². The first kappa shape index (κ1) is 27.0. The molecule has 2 aliphatic heterocycles. The number of carboxylic acids is 1. The van der Waals surface area contributed by atoms with Crippen molar-refractivity contribution in [2.24, 2.45) is 11.7 Å². The number of ether oxygens (including phenoxy) is 1. The SMILES string of the molecule is CCCCN(CCCN)C(=O)CN1CC(c2ccc3c(c2)CCO3)C(C(=O)O)C1CCc1ncccn1. The van der Waals surface area contributed by atoms with E-state index in [1.165, 1.54) is 0 Å². The lowest BCUT2D eigenvalue weighted by molar-refractivity contribution is -0.143. The zero-order chi connectivity index (χ0) is 26.2. The number of aryl methyl sites for hydroxylation is 1. The molecule has 3 N–H and O–H groups in total. The smallest absolute Gasteiger partial charge is 0.308 e. The van der Waals surface area contributed by atoms with Gasteiger partial charge in [0.1, 0.15) is 11.6 Å². The summed E-state index contributed by atoms with van der Waals surface area (Å²) in [5.74, 6) is -0.0823. The molecule has 1 amide bonds. The van der Waals surface area contributed by atoms with E-state index in [0.717, 1.165) is 42.6 Å². The summed E-state index contributed by atoms with van der Waals surface area (Å²) in [7, 11) is 0. The van der Waals surface area contributed by atoms with Crippen LogP contribution in [0.2, 0.25) is 0 Å². The first-order valence-electron chi connectivity index (χ1n) is 13.5.